The molecule has 1 unspecified atom stereocenters. The lowest BCUT2D eigenvalue weighted by molar-refractivity contribution is -0.138. The van der Waals surface area contributed by atoms with Gasteiger partial charge in [0.05, 0.1) is 19.6 Å². The van der Waals surface area contributed by atoms with Gasteiger partial charge in [-0.2, -0.15) is 0 Å². The SMILES string of the molecule is CCN(CC)C(=O)CC1C(=O)NCCN1Cc1ccc(OC)c(C)c1C. The van der Waals surface area contributed by atoms with E-state index in [-0.39, 0.29) is 18.2 Å². The maximum atomic E-state index is 12.5. The van der Waals surface area contributed by atoms with Crippen LogP contribution >= 0.6 is 0 Å². The molecule has 1 aromatic carbocycles. The van der Waals surface area contributed by atoms with Crippen molar-refractivity contribution in [3.05, 3.63) is 28.8 Å². The Bertz CT molecular complexity index is 656. The van der Waals surface area contributed by atoms with E-state index < -0.39 is 6.04 Å². The standard InChI is InChI=1S/C20H31N3O3/c1-6-22(7-2)19(24)12-17-20(25)21-10-11-23(17)13-16-8-9-18(26-5)15(4)14(16)3/h8-9,17H,6-7,10-13H2,1-5H3,(H,21,25). The van der Waals surface area contributed by atoms with E-state index >= 15 is 0 Å². The Hall–Kier alpha value is -2.08. The quantitative estimate of drug-likeness (QED) is 0.805. The average Bonchev–Trinajstić information content (AvgIpc) is 2.63. The van der Waals surface area contributed by atoms with Gasteiger partial charge in [-0.3, -0.25) is 14.5 Å². The molecule has 1 aromatic rings. The molecular weight excluding hydrogens is 330 g/mol. The molecule has 0 aromatic heterocycles. The van der Waals surface area contributed by atoms with Gasteiger partial charge in [-0.15, -0.1) is 0 Å². The minimum Gasteiger partial charge on any atom is -0.496 e. The molecule has 26 heavy (non-hydrogen) atoms. The van der Waals surface area contributed by atoms with Crippen molar-refractivity contribution < 1.29 is 14.3 Å². The fourth-order valence-corrected chi connectivity index (χ4v) is 3.51. The maximum absolute atomic E-state index is 12.5. The third-order valence-corrected chi connectivity index (χ3v) is 5.37. The Morgan fingerprint density at radius 1 is 1.27 bits per heavy atom. The number of ether oxygens (including phenoxy) is 1. The first-order chi connectivity index (χ1) is 12.4. The molecule has 1 N–H and O–H groups in total. The predicted molar refractivity (Wildman–Crippen MR) is 102 cm³/mol. The topological polar surface area (TPSA) is 61.9 Å². The van der Waals surface area contributed by atoms with Crippen molar-refractivity contribution in [1.29, 1.82) is 0 Å². The first-order valence-corrected chi connectivity index (χ1v) is 9.35. The molecule has 6 heteroatoms. The summed E-state index contributed by atoms with van der Waals surface area (Å²) in [6.45, 7) is 11.4. The molecule has 144 valence electrons. The lowest BCUT2D eigenvalue weighted by atomic mass is 10.00. The number of rotatable bonds is 7. The van der Waals surface area contributed by atoms with Crippen LogP contribution in [0.1, 0.15) is 37.0 Å². The van der Waals surface area contributed by atoms with Crippen molar-refractivity contribution in [1.82, 2.24) is 15.1 Å². The van der Waals surface area contributed by atoms with E-state index in [0.29, 0.717) is 26.2 Å². The number of amides is 2. The van der Waals surface area contributed by atoms with Gasteiger partial charge in [0.1, 0.15) is 5.75 Å². The Kier molecular flexibility index (Phi) is 7.03. The van der Waals surface area contributed by atoms with E-state index in [1.807, 2.05) is 26.8 Å². The van der Waals surface area contributed by atoms with Crippen LogP contribution in [0.3, 0.4) is 0 Å². The van der Waals surface area contributed by atoms with Crippen molar-refractivity contribution in [3.8, 4) is 5.75 Å². The van der Waals surface area contributed by atoms with Gasteiger partial charge in [0.15, 0.2) is 0 Å². The van der Waals surface area contributed by atoms with Crippen LogP contribution in [0.2, 0.25) is 0 Å². The number of methoxy groups -OCH3 is 1. The molecule has 1 saturated heterocycles. The highest BCUT2D eigenvalue weighted by molar-refractivity contribution is 5.88. The van der Waals surface area contributed by atoms with Gasteiger partial charge in [0.2, 0.25) is 11.8 Å². The minimum absolute atomic E-state index is 0.0321. The molecule has 1 aliphatic heterocycles. The number of benzene rings is 1. The Morgan fingerprint density at radius 2 is 1.96 bits per heavy atom. The van der Waals surface area contributed by atoms with Crippen molar-refractivity contribution >= 4 is 11.8 Å². The molecule has 0 saturated carbocycles. The molecule has 6 nitrogen and oxygen atoms in total. The summed E-state index contributed by atoms with van der Waals surface area (Å²) in [5.41, 5.74) is 3.45. The zero-order valence-electron chi connectivity index (χ0n) is 16.6. The van der Waals surface area contributed by atoms with E-state index in [4.69, 9.17) is 4.74 Å². The molecule has 2 amide bonds. The summed E-state index contributed by atoms with van der Waals surface area (Å²) in [5.74, 6) is 0.847. The fourth-order valence-electron chi connectivity index (χ4n) is 3.51. The van der Waals surface area contributed by atoms with Crippen LogP contribution in [-0.2, 0) is 16.1 Å². The molecule has 1 fully saturated rings. The summed E-state index contributed by atoms with van der Waals surface area (Å²) >= 11 is 0. The molecule has 0 aliphatic carbocycles. The number of nitrogens with zero attached hydrogens (tertiary/aromatic N) is 2. The summed E-state index contributed by atoms with van der Waals surface area (Å²) in [6.07, 6.45) is 0.224. The first kappa shape index (κ1) is 20.2. The summed E-state index contributed by atoms with van der Waals surface area (Å²) in [6, 6.07) is 3.60. The highest BCUT2D eigenvalue weighted by Gasteiger charge is 2.32. The van der Waals surface area contributed by atoms with Crippen LogP contribution in [0, 0.1) is 13.8 Å². The van der Waals surface area contributed by atoms with Gasteiger partial charge in [-0.1, -0.05) is 6.07 Å². The largest absolute Gasteiger partial charge is 0.496 e. The Morgan fingerprint density at radius 3 is 2.58 bits per heavy atom. The van der Waals surface area contributed by atoms with E-state index in [9.17, 15) is 9.59 Å². The normalized spacial score (nSPS) is 17.7. The third-order valence-electron chi connectivity index (χ3n) is 5.37. The molecule has 2 rings (SSSR count). The number of hydrogen-bond donors (Lipinski definition) is 1. The fraction of sp³-hybridized carbons (Fsp3) is 0.600. The summed E-state index contributed by atoms with van der Waals surface area (Å²) in [5, 5.41) is 2.90. The highest BCUT2D eigenvalue weighted by Crippen LogP contribution is 2.26. The molecular formula is C20H31N3O3. The number of carbonyl (C=O) groups excluding carboxylic acids is 2. The van der Waals surface area contributed by atoms with Gasteiger partial charge in [-0.25, -0.2) is 0 Å². The van der Waals surface area contributed by atoms with Gasteiger partial charge < -0.3 is 15.0 Å². The zero-order chi connectivity index (χ0) is 19.3. The van der Waals surface area contributed by atoms with Gasteiger partial charge in [-0.05, 0) is 50.5 Å². The number of nitrogens with one attached hydrogen (secondary N) is 1. The van der Waals surface area contributed by atoms with Crippen LogP contribution in [0.25, 0.3) is 0 Å². The molecule has 1 aliphatic rings. The second-order valence-electron chi connectivity index (χ2n) is 6.72. The molecule has 0 radical (unpaired) electrons. The summed E-state index contributed by atoms with van der Waals surface area (Å²) in [7, 11) is 1.67. The van der Waals surface area contributed by atoms with Crippen LogP contribution in [0.4, 0.5) is 0 Å². The summed E-state index contributed by atoms with van der Waals surface area (Å²) in [4.78, 5) is 28.9. The third kappa shape index (κ3) is 4.36. The average molecular weight is 361 g/mol. The monoisotopic (exact) mass is 361 g/mol. The molecule has 1 atom stereocenters. The first-order valence-electron chi connectivity index (χ1n) is 9.35. The van der Waals surface area contributed by atoms with E-state index in [2.05, 4.69) is 23.2 Å². The highest BCUT2D eigenvalue weighted by atomic mass is 16.5. The van der Waals surface area contributed by atoms with Crippen LogP contribution in [-0.4, -0.2) is 60.9 Å². The molecule has 1 heterocycles. The minimum atomic E-state index is -0.418. The molecule has 0 bridgehead atoms. The summed E-state index contributed by atoms with van der Waals surface area (Å²) < 4.78 is 5.38. The Balaban J connectivity index is 2.19. The predicted octanol–water partition coefficient (Wildman–Crippen LogP) is 1.87. The lowest BCUT2D eigenvalue weighted by Crippen LogP contribution is -2.56. The van der Waals surface area contributed by atoms with Crippen molar-refractivity contribution in [2.24, 2.45) is 0 Å². The smallest absolute Gasteiger partial charge is 0.237 e. The maximum Gasteiger partial charge on any atom is 0.237 e. The van der Waals surface area contributed by atoms with Crippen LogP contribution < -0.4 is 10.1 Å². The van der Waals surface area contributed by atoms with Crippen LogP contribution in [0.15, 0.2) is 12.1 Å². The van der Waals surface area contributed by atoms with Gasteiger partial charge in [0, 0.05) is 32.7 Å². The van der Waals surface area contributed by atoms with E-state index in [1.165, 1.54) is 11.1 Å². The Labute approximate surface area is 156 Å². The number of hydrogen-bond acceptors (Lipinski definition) is 4. The van der Waals surface area contributed by atoms with Gasteiger partial charge in [0.25, 0.3) is 0 Å². The second kappa shape index (κ2) is 9.03. The van der Waals surface area contributed by atoms with Crippen molar-refractivity contribution in [2.75, 3.05) is 33.3 Å². The number of carbonyl (C=O) groups is 2. The van der Waals surface area contributed by atoms with Crippen LogP contribution in [0.5, 0.6) is 5.75 Å². The van der Waals surface area contributed by atoms with Crippen molar-refractivity contribution in [2.45, 2.75) is 46.7 Å². The second-order valence-corrected chi connectivity index (χ2v) is 6.72. The van der Waals surface area contributed by atoms with E-state index in [0.717, 1.165) is 17.9 Å². The molecule has 0 spiro atoms. The van der Waals surface area contributed by atoms with Crippen molar-refractivity contribution in [3.63, 3.8) is 0 Å². The van der Waals surface area contributed by atoms with E-state index in [1.54, 1.807) is 12.0 Å². The zero-order valence-corrected chi connectivity index (χ0v) is 16.6. The number of piperazine rings is 1. The van der Waals surface area contributed by atoms with Gasteiger partial charge >= 0.3 is 0 Å². The lowest BCUT2D eigenvalue weighted by Gasteiger charge is -2.36.